The van der Waals surface area contributed by atoms with Crippen molar-refractivity contribution in [1.82, 2.24) is 0 Å². The average molecular weight is 279 g/mol. The van der Waals surface area contributed by atoms with Gasteiger partial charge in [0.25, 0.3) is 0 Å². The number of benzene rings is 1. The van der Waals surface area contributed by atoms with Crippen molar-refractivity contribution in [2.45, 2.75) is 26.4 Å². The molecule has 18 heavy (non-hydrogen) atoms. The Morgan fingerprint density at radius 3 is 2.17 bits per heavy atom. The van der Waals surface area contributed by atoms with Gasteiger partial charge in [-0.05, 0) is 45.0 Å². The van der Waals surface area contributed by atoms with E-state index in [1.54, 1.807) is 20.8 Å². The zero-order valence-electron chi connectivity index (χ0n) is 10.9. The van der Waals surface area contributed by atoms with Crippen LogP contribution in [0.3, 0.4) is 0 Å². The van der Waals surface area contributed by atoms with Crippen LogP contribution >= 0.6 is 0 Å². The van der Waals surface area contributed by atoms with E-state index < -0.39 is 22.8 Å². The van der Waals surface area contributed by atoms with Crippen molar-refractivity contribution in [2.75, 3.05) is 4.72 Å². The normalized spacial score (nSPS) is 12.2. The van der Waals surface area contributed by atoms with Crippen molar-refractivity contribution in [1.29, 1.82) is 0 Å². The van der Waals surface area contributed by atoms with E-state index in [1.165, 1.54) is 24.3 Å². The van der Waals surface area contributed by atoms with Crippen LogP contribution in [0.5, 0.6) is 0 Å². The van der Waals surface area contributed by atoms with E-state index in [0.717, 1.165) is 0 Å². The second kappa shape index (κ2) is 7.25. The van der Waals surface area contributed by atoms with Gasteiger partial charge in [-0.3, -0.25) is 4.21 Å². The van der Waals surface area contributed by atoms with Gasteiger partial charge in [0.2, 0.25) is 0 Å². The molecule has 1 N–H and O–H groups in total. The largest absolute Gasteiger partial charge is 0.755 e. The molecule has 0 aliphatic heterocycles. The summed E-state index contributed by atoms with van der Waals surface area (Å²) in [6.07, 6.45) is 0. The minimum Gasteiger partial charge on any atom is -0.755 e. The van der Waals surface area contributed by atoms with Crippen LogP contribution in [0.25, 0.3) is 0 Å². The Morgan fingerprint density at radius 1 is 1.28 bits per heavy atom. The van der Waals surface area contributed by atoms with E-state index in [-0.39, 0.29) is 29.6 Å². The van der Waals surface area contributed by atoms with Crippen molar-refractivity contribution >= 4 is 52.5 Å². The Balaban J connectivity index is 0.00000289. The topological polar surface area (TPSA) is 78.5 Å². The van der Waals surface area contributed by atoms with E-state index in [0.29, 0.717) is 11.3 Å². The Labute approximate surface area is 131 Å². The molecule has 95 valence electrons. The van der Waals surface area contributed by atoms with Crippen LogP contribution in [0.15, 0.2) is 24.3 Å². The molecule has 0 aliphatic rings. The summed E-state index contributed by atoms with van der Waals surface area (Å²) >= 11 is -2.37. The SMILES string of the molecule is CC(C)(C)OC(=O)c1ccc(NS(=O)[O-])cc1.[Na]. The first-order chi connectivity index (χ1) is 7.78. The van der Waals surface area contributed by atoms with Gasteiger partial charge in [0.15, 0.2) is 0 Å². The summed E-state index contributed by atoms with van der Waals surface area (Å²) in [5, 5.41) is 0. The molecule has 0 spiro atoms. The van der Waals surface area contributed by atoms with Gasteiger partial charge in [-0.25, -0.2) is 4.79 Å². The van der Waals surface area contributed by atoms with Gasteiger partial charge in [0.1, 0.15) is 5.60 Å². The molecule has 0 amide bonds. The van der Waals surface area contributed by atoms with Crippen LogP contribution in [-0.2, 0) is 16.0 Å². The first-order valence-corrected chi connectivity index (χ1v) is 6.05. The molecule has 1 aromatic rings. The zero-order chi connectivity index (χ0) is 13.1. The van der Waals surface area contributed by atoms with Gasteiger partial charge >= 0.3 is 5.97 Å². The molecular formula is C11H14NNaO4S-. The van der Waals surface area contributed by atoms with Crippen LogP contribution in [0.1, 0.15) is 31.1 Å². The number of anilines is 1. The van der Waals surface area contributed by atoms with E-state index in [1.807, 2.05) is 0 Å². The third kappa shape index (κ3) is 6.51. The van der Waals surface area contributed by atoms with Gasteiger partial charge in [-0.1, -0.05) is 0 Å². The number of hydrogen-bond donors (Lipinski definition) is 1. The molecule has 0 saturated carbocycles. The van der Waals surface area contributed by atoms with Crippen LogP contribution in [0.4, 0.5) is 5.69 Å². The summed E-state index contributed by atoms with van der Waals surface area (Å²) in [6.45, 7) is 5.34. The average Bonchev–Trinajstić information content (AvgIpc) is 2.15. The number of ether oxygens (including phenoxy) is 1. The number of hydrogen-bond acceptors (Lipinski definition) is 4. The van der Waals surface area contributed by atoms with Gasteiger partial charge in [-0.2, -0.15) is 0 Å². The monoisotopic (exact) mass is 279 g/mol. The first-order valence-electron chi connectivity index (χ1n) is 4.97. The minimum atomic E-state index is -2.37. The van der Waals surface area contributed by atoms with Crippen molar-refractivity contribution < 1.29 is 18.3 Å². The Morgan fingerprint density at radius 2 is 1.78 bits per heavy atom. The summed E-state index contributed by atoms with van der Waals surface area (Å²) in [7, 11) is 0. The van der Waals surface area contributed by atoms with Crippen molar-refractivity contribution in [2.24, 2.45) is 0 Å². The second-order valence-corrected chi connectivity index (χ2v) is 5.09. The molecule has 5 nitrogen and oxygen atoms in total. The second-order valence-electron chi connectivity index (χ2n) is 4.42. The molecule has 1 rings (SSSR count). The van der Waals surface area contributed by atoms with Crippen LogP contribution in [-0.4, -0.2) is 49.9 Å². The van der Waals surface area contributed by atoms with Crippen molar-refractivity contribution in [3.05, 3.63) is 29.8 Å². The smallest absolute Gasteiger partial charge is 0.338 e. The summed E-state index contributed by atoms with van der Waals surface area (Å²) in [5.41, 5.74) is 0.220. The summed E-state index contributed by atoms with van der Waals surface area (Å²) < 4.78 is 28.1. The Hall–Kier alpha value is -0.400. The molecule has 0 saturated heterocycles. The summed E-state index contributed by atoms with van der Waals surface area (Å²) in [6, 6.07) is 6.00. The molecule has 0 heterocycles. The van der Waals surface area contributed by atoms with Gasteiger partial charge in [0, 0.05) is 46.5 Å². The number of carbonyl (C=O) groups is 1. The molecule has 7 heteroatoms. The predicted octanol–water partition coefficient (Wildman–Crippen LogP) is 1.47. The number of rotatable bonds is 3. The Kier molecular flexibility index (Phi) is 7.09. The maximum Gasteiger partial charge on any atom is 0.338 e. The Bertz CT molecular complexity index is 428. The van der Waals surface area contributed by atoms with Gasteiger partial charge in [0.05, 0.1) is 5.56 Å². The molecule has 0 aliphatic carbocycles. The van der Waals surface area contributed by atoms with Gasteiger partial charge in [-0.15, -0.1) is 0 Å². The number of nitrogens with one attached hydrogen (secondary N) is 1. The van der Waals surface area contributed by atoms with E-state index in [9.17, 15) is 13.6 Å². The van der Waals surface area contributed by atoms with Crippen LogP contribution in [0, 0.1) is 0 Å². The fourth-order valence-corrected chi connectivity index (χ4v) is 1.44. The molecule has 1 unspecified atom stereocenters. The van der Waals surface area contributed by atoms with E-state index >= 15 is 0 Å². The first kappa shape index (κ1) is 17.6. The zero-order valence-corrected chi connectivity index (χ0v) is 13.7. The fourth-order valence-electron chi connectivity index (χ4n) is 1.11. The van der Waals surface area contributed by atoms with Gasteiger partial charge < -0.3 is 14.0 Å². The predicted molar refractivity (Wildman–Crippen MR) is 69.9 cm³/mol. The van der Waals surface area contributed by atoms with Crippen LogP contribution in [0.2, 0.25) is 0 Å². The maximum absolute atomic E-state index is 11.6. The fraction of sp³-hybridized carbons (Fsp3) is 0.364. The van der Waals surface area contributed by atoms with Crippen molar-refractivity contribution in [3.63, 3.8) is 0 Å². The standard InChI is InChI=1S/C11H15NO4S.Na/c1-11(2,3)16-10(13)8-4-6-9(7-5-8)12-17(14)15;/h4-7,12H,1-3H3,(H,14,15);/p-1. The summed E-state index contributed by atoms with van der Waals surface area (Å²) in [5.74, 6) is -0.438. The third-order valence-corrected chi connectivity index (χ3v) is 2.12. The molecule has 1 aromatic carbocycles. The molecule has 0 fully saturated rings. The quantitative estimate of drug-likeness (QED) is 0.516. The van der Waals surface area contributed by atoms with Crippen molar-refractivity contribution in [3.8, 4) is 0 Å². The maximum atomic E-state index is 11.6. The molecule has 0 aromatic heterocycles. The molecule has 1 radical (unpaired) electrons. The molecule has 0 bridgehead atoms. The minimum absolute atomic E-state index is 0. The van der Waals surface area contributed by atoms with E-state index in [2.05, 4.69) is 4.72 Å². The summed E-state index contributed by atoms with van der Waals surface area (Å²) in [4.78, 5) is 11.6. The number of carbonyl (C=O) groups excluding carboxylic acids is 1. The van der Waals surface area contributed by atoms with Crippen LogP contribution < -0.4 is 4.72 Å². The molecular weight excluding hydrogens is 265 g/mol. The number of esters is 1. The third-order valence-electron chi connectivity index (χ3n) is 1.72. The molecule has 1 atom stereocenters. The van der Waals surface area contributed by atoms with E-state index in [4.69, 9.17) is 4.74 Å².